The van der Waals surface area contributed by atoms with Crippen molar-refractivity contribution in [2.45, 2.75) is 91.9 Å². The fourth-order valence-electron chi connectivity index (χ4n) is 5.89. The minimum absolute atomic E-state index is 0. The molecular weight excluding hydrogens is 584 g/mol. The van der Waals surface area contributed by atoms with E-state index in [0.29, 0.717) is 11.8 Å². The average Bonchev–Trinajstić information content (AvgIpc) is 2.87. The van der Waals surface area contributed by atoms with Crippen LogP contribution in [0.25, 0.3) is 0 Å². The molecule has 2 rings (SSSR count). The molecule has 2 amide bonds. The summed E-state index contributed by atoms with van der Waals surface area (Å²) in [6.45, 7) is 18.2. The number of nitrogens with zero attached hydrogens (tertiary/aromatic N) is 4. The van der Waals surface area contributed by atoms with E-state index >= 15 is 0 Å². The number of carbonyl (C=O) groups excluding carboxylic acids is 2. The van der Waals surface area contributed by atoms with E-state index in [-0.39, 0.29) is 45.8 Å². The first-order valence-electron chi connectivity index (χ1n) is 14.6. The highest BCUT2D eigenvalue weighted by Gasteiger charge is 2.29. The van der Waals surface area contributed by atoms with Crippen molar-refractivity contribution in [3.63, 3.8) is 0 Å². The first-order valence-corrected chi connectivity index (χ1v) is 14.6. The zero-order valence-corrected chi connectivity index (χ0v) is 27.1. The third-order valence-electron chi connectivity index (χ3n) is 8.06. The van der Waals surface area contributed by atoms with Crippen LogP contribution in [-0.2, 0) is 9.59 Å². The standard InChI is InChI=1S/C28H54N4O2.2BrH/c1-5-31(6-2)27(33)25-17-15-21-29(23-25)19-13-11-9-10-12-14-20-30-22-16-18-26(24-30)28(34)32(7-3)8-4;;/h25-26H,5-24H2,1-4H3;2*1H. The van der Waals surface area contributed by atoms with Crippen LogP contribution in [0.2, 0.25) is 0 Å². The SMILES string of the molecule is Br.Br.CCN(CC)C(=O)C1CCCN(CCCCCCCCN2CCCC(C(=O)N(CC)CC)C2)C1. The largest absolute Gasteiger partial charge is 0.343 e. The zero-order chi connectivity index (χ0) is 24.8. The van der Waals surface area contributed by atoms with Crippen molar-refractivity contribution in [1.29, 1.82) is 0 Å². The number of piperidine rings is 2. The van der Waals surface area contributed by atoms with Gasteiger partial charge in [0.2, 0.25) is 11.8 Å². The average molecular weight is 641 g/mol. The molecule has 2 aliphatic heterocycles. The molecule has 0 spiro atoms. The fourth-order valence-corrected chi connectivity index (χ4v) is 5.89. The van der Waals surface area contributed by atoms with Crippen LogP contribution in [0.3, 0.4) is 0 Å². The second-order valence-electron chi connectivity index (χ2n) is 10.4. The van der Waals surface area contributed by atoms with Crippen molar-refractivity contribution >= 4 is 45.8 Å². The van der Waals surface area contributed by atoms with E-state index in [1.807, 2.05) is 9.80 Å². The van der Waals surface area contributed by atoms with Crippen molar-refractivity contribution in [1.82, 2.24) is 19.6 Å². The molecule has 214 valence electrons. The summed E-state index contributed by atoms with van der Waals surface area (Å²) in [7, 11) is 0. The molecule has 2 aliphatic rings. The Bertz CT molecular complexity index is 538. The smallest absolute Gasteiger partial charge is 0.226 e. The van der Waals surface area contributed by atoms with Gasteiger partial charge in [-0.05, 0) is 92.4 Å². The quantitative estimate of drug-likeness (QED) is 0.218. The summed E-state index contributed by atoms with van der Waals surface area (Å²) in [5.41, 5.74) is 0. The molecule has 2 unspecified atom stereocenters. The van der Waals surface area contributed by atoms with Crippen LogP contribution in [0.5, 0.6) is 0 Å². The maximum Gasteiger partial charge on any atom is 0.226 e. The van der Waals surface area contributed by atoms with Gasteiger partial charge in [0.1, 0.15) is 0 Å². The molecule has 2 heterocycles. The topological polar surface area (TPSA) is 47.1 Å². The molecule has 0 saturated carbocycles. The van der Waals surface area contributed by atoms with E-state index in [4.69, 9.17) is 0 Å². The lowest BCUT2D eigenvalue weighted by molar-refractivity contribution is -0.137. The highest BCUT2D eigenvalue weighted by molar-refractivity contribution is 8.93. The van der Waals surface area contributed by atoms with Gasteiger partial charge >= 0.3 is 0 Å². The van der Waals surface area contributed by atoms with E-state index in [0.717, 1.165) is 91.1 Å². The van der Waals surface area contributed by atoms with Crippen molar-refractivity contribution < 1.29 is 9.59 Å². The number of likely N-dealkylation sites (tertiary alicyclic amines) is 2. The third kappa shape index (κ3) is 12.1. The predicted octanol–water partition coefficient (Wildman–Crippen LogP) is 5.64. The summed E-state index contributed by atoms with van der Waals surface area (Å²) in [6.07, 6.45) is 12.2. The molecule has 0 aromatic rings. The monoisotopic (exact) mass is 638 g/mol. The Balaban J connectivity index is 0.00000612. The minimum atomic E-state index is 0. The lowest BCUT2D eigenvalue weighted by atomic mass is 9.96. The van der Waals surface area contributed by atoms with E-state index in [1.165, 1.54) is 38.5 Å². The Morgan fingerprint density at radius 3 is 1.28 bits per heavy atom. The van der Waals surface area contributed by atoms with E-state index < -0.39 is 0 Å². The Hall–Kier alpha value is -0.180. The highest BCUT2D eigenvalue weighted by Crippen LogP contribution is 2.21. The van der Waals surface area contributed by atoms with Gasteiger partial charge in [0.05, 0.1) is 11.8 Å². The van der Waals surface area contributed by atoms with E-state index in [1.54, 1.807) is 0 Å². The van der Waals surface area contributed by atoms with Crippen molar-refractivity contribution in [3.05, 3.63) is 0 Å². The van der Waals surface area contributed by atoms with Gasteiger partial charge in [0.15, 0.2) is 0 Å². The number of hydrogen-bond acceptors (Lipinski definition) is 4. The molecule has 2 atom stereocenters. The third-order valence-corrected chi connectivity index (χ3v) is 8.06. The first kappa shape index (κ1) is 35.8. The predicted molar refractivity (Wildman–Crippen MR) is 163 cm³/mol. The van der Waals surface area contributed by atoms with Crippen molar-refractivity contribution in [2.75, 3.05) is 65.4 Å². The Morgan fingerprint density at radius 1 is 0.611 bits per heavy atom. The number of hydrogen-bond donors (Lipinski definition) is 0. The van der Waals surface area contributed by atoms with Gasteiger partial charge < -0.3 is 19.6 Å². The summed E-state index contributed by atoms with van der Waals surface area (Å²) in [5, 5.41) is 0. The second-order valence-corrected chi connectivity index (χ2v) is 10.4. The minimum Gasteiger partial charge on any atom is -0.343 e. The normalized spacial score (nSPS) is 20.8. The lowest BCUT2D eigenvalue weighted by Crippen LogP contribution is -2.45. The van der Waals surface area contributed by atoms with E-state index in [2.05, 4.69) is 37.5 Å². The Labute approximate surface area is 243 Å². The van der Waals surface area contributed by atoms with Crippen molar-refractivity contribution in [3.8, 4) is 0 Å². The number of amides is 2. The molecule has 0 N–H and O–H groups in total. The van der Waals surface area contributed by atoms with Crippen LogP contribution in [0, 0.1) is 11.8 Å². The van der Waals surface area contributed by atoms with Crippen molar-refractivity contribution in [2.24, 2.45) is 11.8 Å². The molecule has 0 radical (unpaired) electrons. The first-order chi connectivity index (χ1) is 16.5. The van der Waals surface area contributed by atoms with Gasteiger partial charge in [-0.2, -0.15) is 0 Å². The Morgan fingerprint density at radius 2 is 0.944 bits per heavy atom. The number of rotatable bonds is 15. The molecule has 0 bridgehead atoms. The van der Waals surface area contributed by atoms with Gasteiger partial charge in [0.25, 0.3) is 0 Å². The molecule has 2 saturated heterocycles. The molecule has 0 aromatic carbocycles. The lowest BCUT2D eigenvalue weighted by Gasteiger charge is -2.34. The van der Waals surface area contributed by atoms with Crippen LogP contribution in [0.15, 0.2) is 0 Å². The van der Waals surface area contributed by atoms with Gasteiger partial charge in [-0.25, -0.2) is 0 Å². The number of halogens is 2. The van der Waals surface area contributed by atoms with Gasteiger partial charge in [0, 0.05) is 39.3 Å². The van der Waals surface area contributed by atoms with Crippen LogP contribution >= 0.6 is 34.0 Å². The summed E-state index contributed by atoms with van der Waals surface area (Å²) >= 11 is 0. The number of carbonyl (C=O) groups is 2. The van der Waals surface area contributed by atoms with E-state index in [9.17, 15) is 9.59 Å². The second kappa shape index (κ2) is 20.7. The maximum absolute atomic E-state index is 12.7. The summed E-state index contributed by atoms with van der Waals surface area (Å²) < 4.78 is 0. The highest BCUT2D eigenvalue weighted by atomic mass is 79.9. The maximum atomic E-state index is 12.7. The molecule has 8 heteroatoms. The molecule has 2 fully saturated rings. The molecule has 0 aromatic heterocycles. The fraction of sp³-hybridized carbons (Fsp3) is 0.929. The van der Waals surface area contributed by atoms with Crippen LogP contribution < -0.4 is 0 Å². The van der Waals surface area contributed by atoms with Gasteiger partial charge in [-0.1, -0.05) is 25.7 Å². The Kier molecular flexibility index (Phi) is 20.6. The number of unbranched alkanes of at least 4 members (excludes halogenated alkanes) is 5. The molecule has 0 aliphatic carbocycles. The van der Waals surface area contributed by atoms with Crippen LogP contribution in [-0.4, -0.2) is 96.9 Å². The van der Waals surface area contributed by atoms with Gasteiger partial charge in [-0.3, -0.25) is 9.59 Å². The molecule has 6 nitrogen and oxygen atoms in total. The summed E-state index contributed by atoms with van der Waals surface area (Å²) in [6, 6.07) is 0. The van der Waals surface area contributed by atoms with Crippen LogP contribution in [0.1, 0.15) is 91.9 Å². The zero-order valence-electron chi connectivity index (χ0n) is 23.7. The van der Waals surface area contributed by atoms with Crippen LogP contribution in [0.4, 0.5) is 0 Å². The molecular formula is C28H56Br2N4O2. The summed E-state index contributed by atoms with van der Waals surface area (Å²) in [4.78, 5) is 34.4. The summed E-state index contributed by atoms with van der Waals surface area (Å²) in [5.74, 6) is 1.16. The van der Waals surface area contributed by atoms with Gasteiger partial charge in [-0.15, -0.1) is 34.0 Å². The molecule has 36 heavy (non-hydrogen) atoms.